The predicted octanol–water partition coefficient (Wildman–Crippen LogP) is -0.414. The third-order valence-electron chi connectivity index (χ3n) is 2.08. The lowest BCUT2D eigenvalue weighted by atomic mass is 9.99. The van der Waals surface area contributed by atoms with Crippen LogP contribution in [0.25, 0.3) is 0 Å². The van der Waals surface area contributed by atoms with Crippen LogP contribution in [0.15, 0.2) is 35.6 Å². The van der Waals surface area contributed by atoms with E-state index in [0.717, 1.165) is 17.2 Å². The Morgan fingerprint density at radius 2 is 2.33 bits per heavy atom. The minimum absolute atomic E-state index is 0.575. The Labute approximate surface area is 90.1 Å². The Hall–Kier alpha value is -1.78. The molecule has 1 aromatic heterocycles. The van der Waals surface area contributed by atoms with E-state index >= 15 is 0 Å². The molecule has 0 fully saturated rings. The standard InChI is InChI=1S/C10H11BN4/c1-7-5-13-10(15(2)14-7)9-4-3-8(11)6-12-9/h3-4,6,14H,1,5H2,2H3. The van der Waals surface area contributed by atoms with E-state index < -0.39 is 0 Å². The monoisotopic (exact) mass is 198 g/mol. The molecule has 2 rings (SSSR count). The summed E-state index contributed by atoms with van der Waals surface area (Å²) in [5.74, 6) is 0.794. The molecule has 0 saturated carbocycles. The van der Waals surface area contributed by atoms with Crippen LogP contribution in [0.4, 0.5) is 0 Å². The quantitative estimate of drug-likeness (QED) is 0.623. The van der Waals surface area contributed by atoms with Gasteiger partial charge in [-0.05, 0) is 6.07 Å². The fourth-order valence-corrected chi connectivity index (χ4v) is 1.39. The molecule has 74 valence electrons. The highest BCUT2D eigenvalue weighted by Crippen LogP contribution is 2.05. The molecule has 0 saturated heterocycles. The molecule has 0 unspecified atom stereocenters. The first-order valence-corrected chi connectivity index (χ1v) is 4.61. The van der Waals surface area contributed by atoms with Crippen molar-refractivity contribution in [2.24, 2.45) is 4.99 Å². The van der Waals surface area contributed by atoms with Crippen molar-refractivity contribution in [3.8, 4) is 0 Å². The maximum absolute atomic E-state index is 5.57. The van der Waals surface area contributed by atoms with Crippen LogP contribution in [0, 0.1) is 0 Å². The number of pyridine rings is 1. The molecule has 0 amide bonds. The summed E-state index contributed by atoms with van der Waals surface area (Å²) in [5, 5.41) is 1.80. The molecule has 0 bridgehead atoms. The maximum atomic E-state index is 5.57. The highest BCUT2D eigenvalue weighted by atomic mass is 15.5. The van der Waals surface area contributed by atoms with Gasteiger partial charge in [-0.2, -0.15) is 0 Å². The molecule has 1 aliphatic rings. The van der Waals surface area contributed by atoms with Gasteiger partial charge in [0.15, 0.2) is 5.84 Å². The zero-order valence-electron chi connectivity index (χ0n) is 8.57. The summed E-state index contributed by atoms with van der Waals surface area (Å²) in [5.41, 5.74) is 5.40. The fourth-order valence-electron chi connectivity index (χ4n) is 1.39. The van der Waals surface area contributed by atoms with Crippen LogP contribution in [-0.4, -0.2) is 37.3 Å². The summed E-state index contributed by atoms with van der Waals surface area (Å²) in [6.45, 7) is 4.38. The highest BCUT2D eigenvalue weighted by molar-refractivity contribution is 6.32. The smallest absolute Gasteiger partial charge is 0.168 e. The third-order valence-corrected chi connectivity index (χ3v) is 2.08. The van der Waals surface area contributed by atoms with E-state index in [0.29, 0.717) is 12.0 Å². The molecule has 1 aliphatic heterocycles. The Balaban J connectivity index is 2.31. The second-order valence-electron chi connectivity index (χ2n) is 3.39. The van der Waals surface area contributed by atoms with Gasteiger partial charge in [-0.15, -0.1) is 0 Å². The number of amidine groups is 1. The Morgan fingerprint density at radius 1 is 1.53 bits per heavy atom. The maximum Gasteiger partial charge on any atom is 0.168 e. The van der Waals surface area contributed by atoms with Gasteiger partial charge in [0.05, 0.1) is 6.54 Å². The highest BCUT2D eigenvalue weighted by Gasteiger charge is 2.15. The first kappa shape index (κ1) is 9.77. The van der Waals surface area contributed by atoms with E-state index in [4.69, 9.17) is 7.85 Å². The number of aliphatic imine (C=N–C) groups is 1. The number of hydrogen-bond acceptors (Lipinski definition) is 4. The molecule has 0 aliphatic carbocycles. The van der Waals surface area contributed by atoms with Crippen LogP contribution in [0.1, 0.15) is 5.69 Å². The lowest BCUT2D eigenvalue weighted by Gasteiger charge is -2.27. The Morgan fingerprint density at radius 3 is 2.93 bits per heavy atom. The Kier molecular flexibility index (Phi) is 2.45. The summed E-state index contributed by atoms with van der Waals surface area (Å²) in [7, 11) is 7.44. The number of nitrogens with one attached hydrogen (secondary N) is 1. The topological polar surface area (TPSA) is 40.5 Å². The second-order valence-corrected chi connectivity index (χ2v) is 3.39. The number of hydrogen-bond donors (Lipinski definition) is 1. The summed E-state index contributed by atoms with van der Waals surface area (Å²) in [4.78, 5) is 8.58. The second kappa shape index (κ2) is 3.77. The van der Waals surface area contributed by atoms with Gasteiger partial charge in [-0.1, -0.05) is 18.1 Å². The van der Waals surface area contributed by atoms with Crippen molar-refractivity contribution in [1.82, 2.24) is 15.4 Å². The van der Waals surface area contributed by atoms with Crippen LogP contribution >= 0.6 is 0 Å². The summed E-state index contributed by atoms with van der Waals surface area (Å²) in [6.07, 6.45) is 1.62. The Bertz CT molecular complexity index is 410. The van der Waals surface area contributed by atoms with Gasteiger partial charge in [0, 0.05) is 18.9 Å². The third kappa shape index (κ3) is 2.01. The van der Waals surface area contributed by atoms with Gasteiger partial charge in [0.1, 0.15) is 13.5 Å². The molecule has 0 atom stereocenters. The van der Waals surface area contributed by atoms with E-state index in [-0.39, 0.29) is 0 Å². The average Bonchev–Trinajstić information content (AvgIpc) is 2.20. The van der Waals surface area contributed by atoms with Crippen LogP contribution < -0.4 is 10.9 Å². The predicted molar refractivity (Wildman–Crippen MR) is 61.1 cm³/mol. The number of aromatic nitrogens is 1. The van der Waals surface area contributed by atoms with E-state index in [9.17, 15) is 0 Å². The van der Waals surface area contributed by atoms with Crippen LogP contribution in [-0.2, 0) is 0 Å². The van der Waals surface area contributed by atoms with Crippen molar-refractivity contribution in [3.63, 3.8) is 0 Å². The van der Waals surface area contributed by atoms with E-state index in [1.54, 1.807) is 11.2 Å². The van der Waals surface area contributed by atoms with Gasteiger partial charge in [0.25, 0.3) is 0 Å². The SMILES string of the molecule is [B]c1ccc(C2=NCC(=C)NN2C)nc1. The molecule has 5 heteroatoms. The molecule has 15 heavy (non-hydrogen) atoms. The lowest BCUT2D eigenvalue weighted by Crippen LogP contribution is -2.43. The van der Waals surface area contributed by atoms with Crippen molar-refractivity contribution in [3.05, 3.63) is 36.3 Å². The lowest BCUT2D eigenvalue weighted by molar-refractivity contribution is 0.395. The molecule has 1 aromatic rings. The zero-order valence-corrected chi connectivity index (χ0v) is 8.57. The fraction of sp³-hybridized carbons (Fsp3) is 0.200. The molecule has 0 aromatic carbocycles. The average molecular weight is 198 g/mol. The first-order chi connectivity index (χ1) is 7.16. The van der Waals surface area contributed by atoms with Gasteiger partial charge in [0.2, 0.25) is 0 Å². The number of hydrazine groups is 1. The number of nitrogens with zero attached hydrogens (tertiary/aromatic N) is 3. The van der Waals surface area contributed by atoms with E-state index in [2.05, 4.69) is 22.0 Å². The zero-order chi connectivity index (χ0) is 10.8. The molecule has 2 radical (unpaired) electrons. The largest absolute Gasteiger partial charge is 0.300 e. The summed E-state index contributed by atoms with van der Waals surface area (Å²) in [6, 6.07) is 3.66. The van der Waals surface area contributed by atoms with Crippen molar-refractivity contribution in [1.29, 1.82) is 0 Å². The van der Waals surface area contributed by atoms with Crippen molar-refractivity contribution >= 4 is 19.1 Å². The molecule has 1 N–H and O–H groups in total. The van der Waals surface area contributed by atoms with Gasteiger partial charge in [-0.3, -0.25) is 15.0 Å². The van der Waals surface area contributed by atoms with Crippen molar-refractivity contribution in [2.75, 3.05) is 13.6 Å². The minimum Gasteiger partial charge on any atom is -0.300 e. The van der Waals surface area contributed by atoms with E-state index in [1.807, 2.05) is 19.2 Å². The molecular formula is C10H11BN4. The molecule has 2 heterocycles. The summed E-state index contributed by atoms with van der Waals surface area (Å²) >= 11 is 0. The van der Waals surface area contributed by atoms with Crippen LogP contribution in [0.5, 0.6) is 0 Å². The summed E-state index contributed by atoms with van der Waals surface area (Å²) < 4.78 is 0. The molecular weight excluding hydrogens is 187 g/mol. The van der Waals surface area contributed by atoms with Crippen molar-refractivity contribution in [2.45, 2.75) is 0 Å². The molecule has 0 spiro atoms. The first-order valence-electron chi connectivity index (χ1n) is 4.61. The normalized spacial score (nSPS) is 15.9. The number of rotatable bonds is 1. The van der Waals surface area contributed by atoms with Crippen molar-refractivity contribution < 1.29 is 0 Å². The van der Waals surface area contributed by atoms with E-state index in [1.165, 1.54) is 0 Å². The van der Waals surface area contributed by atoms with Crippen LogP contribution in [0.2, 0.25) is 0 Å². The van der Waals surface area contributed by atoms with Gasteiger partial charge >= 0.3 is 0 Å². The molecule has 4 nitrogen and oxygen atoms in total. The van der Waals surface area contributed by atoms with Gasteiger partial charge in [-0.25, -0.2) is 0 Å². The van der Waals surface area contributed by atoms with Crippen LogP contribution in [0.3, 0.4) is 0 Å². The van der Waals surface area contributed by atoms with Gasteiger partial charge < -0.3 is 5.43 Å². The minimum atomic E-state index is 0.575.